The highest BCUT2D eigenvalue weighted by atomic mass is 16.5. The number of hydrogen-bond donors (Lipinski definition) is 1. The van der Waals surface area contributed by atoms with E-state index in [1.165, 1.54) is 11.1 Å². The fourth-order valence-electron chi connectivity index (χ4n) is 3.00. The molecule has 4 heteroatoms. The maximum Gasteiger partial charge on any atom is 0.125 e. The van der Waals surface area contributed by atoms with Crippen molar-refractivity contribution in [1.82, 2.24) is 9.88 Å². The van der Waals surface area contributed by atoms with Gasteiger partial charge in [-0.3, -0.25) is 4.90 Å². The first-order valence-electron chi connectivity index (χ1n) is 9.13. The molecule has 1 N–H and O–H groups in total. The predicted molar refractivity (Wildman–Crippen MR) is 104 cm³/mol. The van der Waals surface area contributed by atoms with Crippen molar-refractivity contribution in [2.45, 2.75) is 26.2 Å². The summed E-state index contributed by atoms with van der Waals surface area (Å²) in [6, 6.07) is 13.0. The maximum atomic E-state index is 5.37. The third kappa shape index (κ3) is 5.03. The van der Waals surface area contributed by atoms with Gasteiger partial charge in [-0.2, -0.15) is 0 Å². The number of nitrogens with zero attached hydrogens (tertiary/aromatic N) is 2. The molecule has 0 amide bonds. The van der Waals surface area contributed by atoms with Gasteiger partial charge in [0.25, 0.3) is 0 Å². The van der Waals surface area contributed by atoms with E-state index in [-0.39, 0.29) is 5.41 Å². The molecule has 1 fully saturated rings. The first-order chi connectivity index (χ1) is 12.0. The Morgan fingerprint density at radius 3 is 2.56 bits per heavy atom. The molecule has 4 nitrogen and oxygen atoms in total. The summed E-state index contributed by atoms with van der Waals surface area (Å²) in [5.74, 6) is 0.934. The van der Waals surface area contributed by atoms with Crippen LogP contribution in [0.1, 0.15) is 26.3 Å². The van der Waals surface area contributed by atoms with E-state index < -0.39 is 0 Å². The summed E-state index contributed by atoms with van der Waals surface area (Å²) in [6.45, 7) is 12.4. The van der Waals surface area contributed by atoms with Crippen molar-refractivity contribution in [1.29, 1.82) is 0 Å². The molecular formula is C21H29N3O. The molecular weight excluding hydrogens is 310 g/mol. The van der Waals surface area contributed by atoms with Crippen LogP contribution in [0, 0.1) is 0 Å². The normalized spacial score (nSPS) is 16.0. The van der Waals surface area contributed by atoms with Gasteiger partial charge in [-0.1, -0.05) is 45.0 Å². The number of benzene rings is 1. The van der Waals surface area contributed by atoms with Crippen LogP contribution >= 0.6 is 0 Å². The van der Waals surface area contributed by atoms with E-state index in [2.05, 4.69) is 72.4 Å². The zero-order valence-electron chi connectivity index (χ0n) is 15.6. The second-order valence-electron chi connectivity index (χ2n) is 7.64. The summed E-state index contributed by atoms with van der Waals surface area (Å²) < 4.78 is 5.37. The van der Waals surface area contributed by atoms with E-state index in [0.717, 1.165) is 50.8 Å². The van der Waals surface area contributed by atoms with Crippen LogP contribution in [0.2, 0.25) is 0 Å². The molecule has 0 saturated carbocycles. The summed E-state index contributed by atoms with van der Waals surface area (Å²) in [5, 5.41) is 3.41. The molecule has 1 aliphatic heterocycles. The van der Waals surface area contributed by atoms with Gasteiger partial charge in [0.2, 0.25) is 0 Å². The van der Waals surface area contributed by atoms with Crippen molar-refractivity contribution in [3.63, 3.8) is 0 Å². The van der Waals surface area contributed by atoms with Crippen LogP contribution in [0.25, 0.3) is 11.1 Å². The number of ether oxygens (including phenoxy) is 1. The third-order valence-electron chi connectivity index (χ3n) is 4.66. The second-order valence-corrected chi connectivity index (χ2v) is 7.64. The van der Waals surface area contributed by atoms with E-state index in [9.17, 15) is 0 Å². The first-order valence-corrected chi connectivity index (χ1v) is 9.13. The summed E-state index contributed by atoms with van der Waals surface area (Å²) in [6.07, 6.45) is 1.96. The minimum atomic E-state index is 0.157. The first kappa shape index (κ1) is 17.9. The molecule has 134 valence electrons. The number of anilines is 1. The highest BCUT2D eigenvalue weighted by Gasteiger charge is 2.14. The van der Waals surface area contributed by atoms with Crippen LogP contribution in [0.5, 0.6) is 0 Å². The lowest BCUT2D eigenvalue weighted by Gasteiger charge is -2.26. The summed E-state index contributed by atoms with van der Waals surface area (Å²) in [5.41, 5.74) is 3.88. The highest BCUT2D eigenvalue weighted by molar-refractivity contribution is 5.64. The van der Waals surface area contributed by atoms with Gasteiger partial charge >= 0.3 is 0 Å². The van der Waals surface area contributed by atoms with Gasteiger partial charge in [0.05, 0.1) is 13.2 Å². The molecule has 2 heterocycles. The summed E-state index contributed by atoms with van der Waals surface area (Å²) in [4.78, 5) is 6.99. The molecule has 0 aliphatic carbocycles. The summed E-state index contributed by atoms with van der Waals surface area (Å²) >= 11 is 0. The van der Waals surface area contributed by atoms with Crippen molar-refractivity contribution in [2.75, 3.05) is 44.7 Å². The van der Waals surface area contributed by atoms with Crippen LogP contribution in [0.4, 0.5) is 5.82 Å². The molecule has 0 radical (unpaired) electrons. The number of hydrogen-bond acceptors (Lipinski definition) is 4. The minimum Gasteiger partial charge on any atom is -0.379 e. The van der Waals surface area contributed by atoms with E-state index >= 15 is 0 Å². The smallest absolute Gasteiger partial charge is 0.125 e. The Kier molecular flexibility index (Phi) is 5.71. The number of morpholine rings is 1. The van der Waals surface area contributed by atoms with E-state index in [0.29, 0.717) is 0 Å². The molecule has 3 rings (SSSR count). The van der Waals surface area contributed by atoms with Crippen molar-refractivity contribution in [2.24, 2.45) is 0 Å². The Morgan fingerprint density at radius 2 is 1.88 bits per heavy atom. The lowest BCUT2D eigenvalue weighted by atomic mass is 9.85. The molecule has 0 bridgehead atoms. The monoisotopic (exact) mass is 339 g/mol. The fourth-order valence-corrected chi connectivity index (χ4v) is 3.00. The topological polar surface area (TPSA) is 37.4 Å². The zero-order valence-corrected chi connectivity index (χ0v) is 15.6. The van der Waals surface area contributed by atoms with Crippen molar-refractivity contribution < 1.29 is 4.74 Å². The van der Waals surface area contributed by atoms with Crippen LogP contribution in [0.3, 0.4) is 0 Å². The SMILES string of the molecule is CC(C)(C)c1cccc(-c2ccc(NCCN3CCOCC3)nc2)c1. The molecule has 1 aromatic heterocycles. The minimum absolute atomic E-state index is 0.157. The molecule has 0 atom stereocenters. The Balaban J connectivity index is 1.58. The molecule has 1 aromatic carbocycles. The Bertz CT molecular complexity index is 670. The molecule has 1 aliphatic rings. The lowest BCUT2D eigenvalue weighted by Crippen LogP contribution is -2.39. The second kappa shape index (κ2) is 7.98. The average molecular weight is 339 g/mol. The maximum absolute atomic E-state index is 5.37. The standard InChI is InChI=1S/C21H29N3O/c1-21(2,3)19-6-4-5-17(15-19)18-7-8-20(23-16-18)22-9-10-24-11-13-25-14-12-24/h4-8,15-16H,9-14H2,1-3H3,(H,22,23). The van der Waals surface area contributed by atoms with Crippen molar-refractivity contribution >= 4 is 5.82 Å². The number of rotatable bonds is 5. The number of nitrogens with one attached hydrogen (secondary N) is 1. The molecule has 1 saturated heterocycles. The van der Waals surface area contributed by atoms with Crippen LogP contribution < -0.4 is 5.32 Å². The van der Waals surface area contributed by atoms with E-state index in [1.54, 1.807) is 0 Å². The average Bonchev–Trinajstić information content (AvgIpc) is 2.63. The van der Waals surface area contributed by atoms with Crippen LogP contribution in [-0.4, -0.2) is 49.3 Å². The van der Waals surface area contributed by atoms with Crippen LogP contribution in [0.15, 0.2) is 42.6 Å². The number of aromatic nitrogens is 1. The summed E-state index contributed by atoms with van der Waals surface area (Å²) in [7, 11) is 0. The zero-order chi connectivity index (χ0) is 17.7. The van der Waals surface area contributed by atoms with Gasteiger partial charge in [0.15, 0.2) is 0 Å². The van der Waals surface area contributed by atoms with Crippen molar-refractivity contribution in [3.05, 3.63) is 48.2 Å². The van der Waals surface area contributed by atoms with Gasteiger partial charge in [-0.25, -0.2) is 4.98 Å². The van der Waals surface area contributed by atoms with Gasteiger partial charge < -0.3 is 10.1 Å². The van der Waals surface area contributed by atoms with Gasteiger partial charge in [-0.05, 0) is 28.7 Å². The van der Waals surface area contributed by atoms with Crippen LogP contribution in [-0.2, 0) is 10.2 Å². The van der Waals surface area contributed by atoms with Crippen molar-refractivity contribution in [3.8, 4) is 11.1 Å². The lowest BCUT2D eigenvalue weighted by molar-refractivity contribution is 0.0398. The molecule has 0 spiro atoms. The van der Waals surface area contributed by atoms with Gasteiger partial charge in [0.1, 0.15) is 5.82 Å². The predicted octanol–water partition coefficient (Wildman–Crippen LogP) is 3.79. The Hall–Kier alpha value is -1.91. The molecule has 2 aromatic rings. The van der Waals surface area contributed by atoms with Gasteiger partial charge in [0, 0.05) is 37.9 Å². The molecule has 25 heavy (non-hydrogen) atoms. The Morgan fingerprint density at radius 1 is 1.08 bits per heavy atom. The van der Waals surface area contributed by atoms with E-state index in [1.807, 2.05) is 6.20 Å². The Labute approximate surface area is 151 Å². The molecule has 0 unspecified atom stereocenters. The number of pyridine rings is 1. The highest BCUT2D eigenvalue weighted by Crippen LogP contribution is 2.27. The van der Waals surface area contributed by atoms with E-state index in [4.69, 9.17) is 4.74 Å². The largest absolute Gasteiger partial charge is 0.379 e. The third-order valence-corrected chi connectivity index (χ3v) is 4.66. The van der Waals surface area contributed by atoms with Gasteiger partial charge in [-0.15, -0.1) is 0 Å². The fraction of sp³-hybridized carbons (Fsp3) is 0.476. The quantitative estimate of drug-likeness (QED) is 0.899.